The molecule has 1 aliphatic carbocycles. The molecule has 0 atom stereocenters. The Morgan fingerprint density at radius 3 is 2.69 bits per heavy atom. The van der Waals surface area contributed by atoms with Crippen LogP contribution in [0.15, 0.2) is 42.7 Å². The third-order valence-electron chi connectivity index (χ3n) is 5.05. The minimum Gasteiger partial charge on any atom is -0.383 e. The highest BCUT2D eigenvalue weighted by molar-refractivity contribution is 5.53. The van der Waals surface area contributed by atoms with Crippen molar-refractivity contribution in [2.75, 3.05) is 5.73 Å². The van der Waals surface area contributed by atoms with E-state index in [1.807, 2.05) is 18.3 Å². The van der Waals surface area contributed by atoms with Gasteiger partial charge < -0.3 is 5.73 Å². The first-order chi connectivity index (χ1) is 12.7. The highest BCUT2D eigenvalue weighted by Gasteiger charge is 2.20. The Kier molecular flexibility index (Phi) is 4.65. The van der Waals surface area contributed by atoms with Crippen LogP contribution in [0.1, 0.15) is 49.1 Å². The molecule has 4 rings (SSSR count). The number of benzene rings is 1. The lowest BCUT2D eigenvalue weighted by Gasteiger charge is -2.22. The molecule has 0 bridgehead atoms. The van der Waals surface area contributed by atoms with Crippen LogP contribution in [-0.4, -0.2) is 19.7 Å². The van der Waals surface area contributed by atoms with Crippen LogP contribution < -0.4 is 5.73 Å². The van der Waals surface area contributed by atoms with Crippen molar-refractivity contribution in [3.05, 3.63) is 59.7 Å². The first-order valence-corrected chi connectivity index (χ1v) is 9.10. The van der Waals surface area contributed by atoms with Crippen LogP contribution in [0.5, 0.6) is 0 Å². The summed E-state index contributed by atoms with van der Waals surface area (Å²) in [5, 5.41) is 4.47. The number of nitrogens with zero attached hydrogens (tertiary/aromatic N) is 4. The van der Waals surface area contributed by atoms with Crippen LogP contribution >= 0.6 is 0 Å². The minimum absolute atomic E-state index is 0.234. The number of halogens is 1. The van der Waals surface area contributed by atoms with Gasteiger partial charge in [0.2, 0.25) is 0 Å². The van der Waals surface area contributed by atoms with Gasteiger partial charge in [0, 0.05) is 23.5 Å². The molecular formula is C20H22FN5. The molecule has 3 aromatic rings. The number of aromatic nitrogens is 4. The Bertz CT molecular complexity index is 899. The van der Waals surface area contributed by atoms with Gasteiger partial charge in [0.25, 0.3) is 0 Å². The van der Waals surface area contributed by atoms with Crippen LogP contribution in [-0.2, 0) is 6.54 Å². The smallest absolute Gasteiger partial charge is 0.182 e. The number of hydrogen-bond donors (Lipinski definition) is 1. The number of rotatable bonds is 4. The lowest BCUT2D eigenvalue weighted by molar-refractivity contribution is 0.443. The second-order valence-corrected chi connectivity index (χ2v) is 6.86. The fraction of sp³-hybridized carbons (Fsp3) is 0.350. The maximum atomic E-state index is 13.8. The Morgan fingerprint density at radius 2 is 1.92 bits per heavy atom. The SMILES string of the molecule is Nc1nc(-c2ccn(Cc3ccccc3F)n2)ncc1C1CCCCC1. The van der Waals surface area contributed by atoms with E-state index in [0.717, 1.165) is 18.4 Å². The van der Waals surface area contributed by atoms with Crippen molar-refractivity contribution in [2.45, 2.75) is 44.6 Å². The van der Waals surface area contributed by atoms with Gasteiger partial charge >= 0.3 is 0 Å². The zero-order valence-electron chi connectivity index (χ0n) is 14.6. The van der Waals surface area contributed by atoms with Crippen LogP contribution in [0.25, 0.3) is 11.5 Å². The molecule has 26 heavy (non-hydrogen) atoms. The lowest BCUT2D eigenvalue weighted by atomic mass is 9.85. The predicted molar refractivity (Wildman–Crippen MR) is 99.0 cm³/mol. The monoisotopic (exact) mass is 351 g/mol. The molecule has 2 N–H and O–H groups in total. The standard InChI is InChI=1S/C20H22FN5/c21-17-9-5-4-8-15(17)13-26-11-10-18(25-26)20-23-12-16(19(22)24-20)14-6-2-1-3-7-14/h4-5,8-12,14H,1-3,6-7,13H2,(H2,22,23,24). The van der Waals surface area contributed by atoms with Gasteiger partial charge in [-0.2, -0.15) is 5.10 Å². The van der Waals surface area contributed by atoms with Crippen molar-refractivity contribution in [3.8, 4) is 11.5 Å². The molecular weight excluding hydrogens is 329 g/mol. The second-order valence-electron chi connectivity index (χ2n) is 6.86. The van der Waals surface area contributed by atoms with Gasteiger partial charge in [-0.3, -0.25) is 4.68 Å². The fourth-order valence-corrected chi connectivity index (χ4v) is 3.63. The number of hydrogen-bond acceptors (Lipinski definition) is 4. The highest BCUT2D eigenvalue weighted by atomic mass is 19.1. The molecule has 0 unspecified atom stereocenters. The van der Waals surface area contributed by atoms with Gasteiger partial charge in [0.1, 0.15) is 17.3 Å². The third-order valence-corrected chi connectivity index (χ3v) is 5.05. The van der Waals surface area contributed by atoms with E-state index >= 15 is 0 Å². The van der Waals surface area contributed by atoms with E-state index in [4.69, 9.17) is 5.73 Å². The normalized spacial score (nSPS) is 15.3. The number of anilines is 1. The maximum Gasteiger partial charge on any atom is 0.182 e. The fourth-order valence-electron chi connectivity index (χ4n) is 3.63. The van der Waals surface area contributed by atoms with Crippen LogP contribution in [0.2, 0.25) is 0 Å². The summed E-state index contributed by atoms with van der Waals surface area (Å²) in [6.45, 7) is 0.363. The summed E-state index contributed by atoms with van der Waals surface area (Å²) < 4.78 is 15.5. The molecule has 1 aliphatic rings. The second kappa shape index (κ2) is 7.23. The lowest BCUT2D eigenvalue weighted by Crippen LogP contribution is -2.10. The molecule has 1 aromatic carbocycles. The van der Waals surface area contributed by atoms with Gasteiger partial charge in [-0.05, 0) is 30.9 Å². The molecule has 6 heteroatoms. The Balaban J connectivity index is 1.54. The maximum absolute atomic E-state index is 13.8. The quantitative estimate of drug-likeness (QED) is 0.766. The van der Waals surface area contributed by atoms with Crippen LogP contribution in [0.4, 0.5) is 10.2 Å². The van der Waals surface area contributed by atoms with E-state index in [0.29, 0.717) is 35.4 Å². The Labute approximate surface area is 152 Å². The van der Waals surface area contributed by atoms with E-state index in [9.17, 15) is 4.39 Å². The zero-order valence-corrected chi connectivity index (χ0v) is 14.6. The minimum atomic E-state index is -0.234. The van der Waals surface area contributed by atoms with E-state index in [1.54, 1.807) is 23.0 Å². The molecule has 1 fully saturated rings. The first-order valence-electron chi connectivity index (χ1n) is 9.10. The van der Waals surface area contributed by atoms with E-state index < -0.39 is 0 Å². The van der Waals surface area contributed by atoms with Crippen molar-refractivity contribution >= 4 is 5.82 Å². The van der Waals surface area contributed by atoms with Crippen molar-refractivity contribution in [1.29, 1.82) is 0 Å². The average Bonchev–Trinajstić information content (AvgIpc) is 3.13. The molecule has 0 aliphatic heterocycles. The van der Waals surface area contributed by atoms with Crippen LogP contribution in [0.3, 0.4) is 0 Å². The molecule has 134 valence electrons. The summed E-state index contributed by atoms with van der Waals surface area (Å²) in [7, 11) is 0. The van der Waals surface area contributed by atoms with Crippen molar-refractivity contribution in [1.82, 2.24) is 19.7 Å². The summed E-state index contributed by atoms with van der Waals surface area (Å²) >= 11 is 0. The number of nitrogen functional groups attached to an aromatic ring is 1. The molecule has 2 heterocycles. The van der Waals surface area contributed by atoms with Crippen LogP contribution in [0, 0.1) is 5.82 Å². The molecule has 0 amide bonds. The number of nitrogens with two attached hydrogens (primary N) is 1. The zero-order chi connectivity index (χ0) is 17.9. The summed E-state index contributed by atoms with van der Waals surface area (Å²) in [4.78, 5) is 8.96. The first kappa shape index (κ1) is 16.7. The topological polar surface area (TPSA) is 69.6 Å². The summed E-state index contributed by atoms with van der Waals surface area (Å²) in [6.07, 6.45) is 9.75. The Hall–Kier alpha value is -2.76. The van der Waals surface area contributed by atoms with Gasteiger partial charge in [-0.25, -0.2) is 14.4 Å². The summed E-state index contributed by atoms with van der Waals surface area (Å²) in [6, 6.07) is 8.53. The largest absolute Gasteiger partial charge is 0.383 e. The van der Waals surface area contributed by atoms with Gasteiger partial charge in [0.05, 0.1) is 6.54 Å². The summed E-state index contributed by atoms with van der Waals surface area (Å²) in [5.74, 6) is 1.29. The average molecular weight is 351 g/mol. The molecule has 0 radical (unpaired) electrons. The van der Waals surface area contributed by atoms with E-state index in [2.05, 4.69) is 15.1 Å². The molecule has 5 nitrogen and oxygen atoms in total. The van der Waals surface area contributed by atoms with Gasteiger partial charge in [-0.1, -0.05) is 37.5 Å². The third kappa shape index (κ3) is 3.45. The Morgan fingerprint density at radius 1 is 1.12 bits per heavy atom. The van der Waals surface area contributed by atoms with Gasteiger partial charge in [-0.15, -0.1) is 0 Å². The highest BCUT2D eigenvalue weighted by Crippen LogP contribution is 2.34. The van der Waals surface area contributed by atoms with Gasteiger partial charge in [0.15, 0.2) is 5.82 Å². The van der Waals surface area contributed by atoms with E-state index in [1.165, 1.54) is 25.3 Å². The molecule has 1 saturated carbocycles. The van der Waals surface area contributed by atoms with Crippen molar-refractivity contribution < 1.29 is 4.39 Å². The molecule has 2 aromatic heterocycles. The van der Waals surface area contributed by atoms with Crippen molar-refractivity contribution in [2.24, 2.45) is 0 Å². The molecule has 0 spiro atoms. The predicted octanol–water partition coefficient (Wildman–Crippen LogP) is 4.16. The summed E-state index contributed by atoms with van der Waals surface area (Å²) in [5.41, 5.74) is 8.49. The van der Waals surface area contributed by atoms with E-state index in [-0.39, 0.29) is 5.82 Å². The molecule has 0 saturated heterocycles. The van der Waals surface area contributed by atoms with Crippen molar-refractivity contribution in [3.63, 3.8) is 0 Å².